The third-order valence-electron chi connectivity index (χ3n) is 1.47. The SMILES string of the molecule is NCCNc1ncc(C(=O)O)c(=O)[nH]1. The number of hydrogen-bond donors (Lipinski definition) is 4. The summed E-state index contributed by atoms with van der Waals surface area (Å²) in [5.41, 5.74) is 4.14. The molecule has 0 fully saturated rings. The maximum atomic E-state index is 11.1. The number of nitrogens with one attached hydrogen (secondary N) is 2. The minimum absolute atomic E-state index is 0.213. The maximum Gasteiger partial charge on any atom is 0.342 e. The molecule has 1 aromatic rings. The molecule has 1 aromatic heterocycles. The van der Waals surface area contributed by atoms with Crippen LogP contribution >= 0.6 is 0 Å². The van der Waals surface area contributed by atoms with E-state index in [2.05, 4.69) is 15.3 Å². The van der Waals surface area contributed by atoms with E-state index in [1.54, 1.807) is 0 Å². The van der Waals surface area contributed by atoms with Crippen LogP contribution in [0.5, 0.6) is 0 Å². The Hall–Kier alpha value is -1.89. The molecule has 0 aliphatic rings. The summed E-state index contributed by atoms with van der Waals surface area (Å²) in [6.45, 7) is 0.847. The molecular formula is C7H10N4O3. The molecule has 0 bridgehead atoms. The van der Waals surface area contributed by atoms with Crippen LogP contribution in [0.4, 0.5) is 5.95 Å². The number of hydrogen-bond acceptors (Lipinski definition) is 5. The molecule has 0 spiro atoms. The smallest absolute Gasteiger partial charge is 0.342 e. The molecule has 0 aliphatic heterocycles. The first-order valence-electron chi connectivity index (χ1n) is 3.91. The lowest BCUT2D eigenvalue weighted by atomic mass is 10.3. The average Bonchev–Trinajstić information content (AvgIpc) is 2.14. The van der Waals surface area contributed by atoms with Crippen LogP contribution in [0.3, 0.4) is 0 Å². The number of aromatic carboxylic acids is 1. The Bertz CT molecular complexity index is 387. The summed E-state index contributed by atoms with van der Waals surface area (Å²) >= 11 is 0. The van der Waals surface area contributed by atoms with Crippen LogP contribution in [0.25, 0.3) is 0 Å². The molecule has 7 heteroatoms. The van der Waals surface area contributed by atoms with Gasteiger partial charge in [0, 0.05) is 13.1 Å². The zero-order valence-corrected chi connectivity index (χ0v) is 7.28. The Kier molecular flexibility index (Phi) is 3.19. The van der Waals surface area contributed by atoms with Crippen LogP contribution in [0.1, 0.15) is 10.4 Å². The van der Waals surface area contributed by atoms with E-state index in [-0.39, 0.29) is 11.5 Å². The standard InChI is InChI=1S/C7H10N4O3/c8-1-2-9-7-10-3-4(6(13)14)5(12)11-7/h3H,1-2,8H2,(H,13,14)(H2,9,10,11,12). The van der Waals surface area contributed by atoms with Gasteiger partial charge in [0.2, 0.25) is 5.95 Å². The van der Waals surface area contributed by atoms with Gasteiger partial charge in [-0.2, -0.15) is 0 Å². The molecule has 0 atom stereocenters. The summed E-state index contributed by atoms with van der Waals surface area (Å²) in [6, 6.07) is 0. The van der Waals surface area contributed by atoms with E-state index in [0.717, 1.165) is 6.20 Å². The molecule has 0 aliphatic carbocycles. The fourth-order valence-corrected chi connectivity index (χ4v) is 0.828. The molecule has 0 unspecified atom stereocenters. The Morgan fingerprint density at radius 1 is 1.71 bits per heavy atom. The van der Waals surface area contributed by atoms with Crippen LogP contribution in [0, 0.1) is 0 Å². The van der Waals surface area contributed by atoms with Gasteiger partial charge < -0.3 is 16.2 Å². The van der Waals surface area contributed by atoms with Gasteiger partial charge in [0.25, 0.3) is 5.56 Å². The number of aromatic nitrogens is 2. The van der Waals surface area contributed by atoms with Crippen LogP contribution < -0.4 is 16.6 Å². The minimum Gasteiger partial charge on any atom is -0.477 e. The number of carbonyl (C=O) groups is 1. The van der Waals surface area contributed by atoms with Gasteiger partial charge in [0.1, 0.15) is 5.56 Å². The van der Waals surface area contributed by atoms with Gasteiger partial charge in [-0.05, 0) is 0 Å². The number of H-pyrrole nitrogens is 1. The number of aromatic amines is 1. The molecule has 0 aromatic carbocycles. The predicted molar refractivity (Wildman–Crippen MR) is 49.4 cm³/mol. The molecule has 0 saturated heterocycles. The molecule has 76 valence electrons. The molecule has 5 N–H and O–H groups in total. The van der Waals surface area contributed by atoms with Crippen molar-refractivity contribution < 1.29 is 9.90 Å². The van der Waals surface area contributed by atoms with Crippen molar-refractivity contribution in [1.29, 1.82) is 0 Å². The van der Waals surface area contributed by atoms with Crippen molar-refractivity contribution in [3.05, 3.63) is 22.1 Å². The van der Waals surface area contributed by atoms with Gasteiger partial charge in [-0.15, -0.1) is 0 Å². The molecule has 0 saturated carbocycles. The lowest BCUT2D eigenvalue weighted by molar-refractivity contribution is 0.0694. The van der Waals surface area contributed by atoms with Crippen molar-refractivity contribution in [3.8, 4) is 0 Å². The Morgan fingerprint density at radius 2 is 2.43 bits per heavy atom. The van der Waals surface area contributed by atoms with Crippen LogP contribution in [-0.4, -0.2) is 34.1 Å². The molecular weight excluding hydrogens is 188 g/mol. The minimum atomic E-state index is -1.30. The summed E-state index contributed by atoms with van der Waals surface area (Å²) < 4.78 is 0. The Balaban J connectivity index is 2.89. The maximum absolute atomic E-state index is 11.1. The first kappa shape index (κ1) is 10.2. The normalized spacial score (nSPS) is 9.79. The highest BCUT2D eigenvalue weighted by molar-refractivity contribution is 5.86. The van der Waals surface area contributed by atoms with Gasteiger partial charge in [-0.25, -0.2) is 9.78 Å². The second-order valence-electron chi connectivity index (χ2n) is 2.50. The van der Waals surface area contributed by atoms with Crippen molar-refractivity contribution >= 4 is 11.9 Å². The van der Waals surface area contributed by atoms with E-state index in [4.69, 9.17) is 10.8 Å². The topological polar surface area (TPSA) is 121 Å². The molecule has 14 heavy (non-hydrogen) atoms. The fraction of sp³-hybridized carbons (Fsp3) is 0.286. The Labute approximate surface area is 79.0 Å². The number of anilines is 1. The van der Waals surface area contributed by atoms with E-state index >= 15 is 0 Å². The number of nitrogens with two attached hydrogens (primary N) is 1. The van der Waals surface area contributed by atoms with Crippen molar-refractivity contribution in [2.24, 2.45) is 5.73 Å². The van der Waals surface area contributed by atoms with Crippen molar-refractivity contribution in [1.82, 2.24) is 9.97 Å². The van der Waals surface area contributed by atoms with Gasteiger partial charge in [-0.3, -0.25) is 9.78 Å². The van der Waals surface area contributed by atoms with Gasteiger partial charge in [-0.1, -0.05) is 0 Å². The van der Waals surface area contributed by atoms with Crippen molar-refractivity contribution in [3.63, 3.8) is 0 Å². The highest BCUT2D eigenvalue weighted by atomic mass is 16.4. The molecule has 0 amide bonds. The zero-order valence-electron chi connectivity index (χ0n) is 7.28. The van der Waals surface area contributed by atoms with Gasteiger partial charge >= 0.3 is 5.97 Å². The second-order valence-corrected chi connectivity index (χ2v) is 2.50. The van der Waals surface area contributed by atoms with Gasteiger partial charge in [0.15, 0.2) is 0 Å². The molecule has 1 rings (SSSR count). The van der Waals surface area contributed by atoms with Crippen LogP contribution in [0.15, 0.2) is 11.0 Å². The van der Waals surface area contributed by atoms with Crippen LogP contribution in [-0.2, 0) is 0 Å². The first-order chi connectivity index (χ1) is 6.65. The first-order valence-corrected chi connectivity index (χ1v) is 3.91. The summed E-state index contributed by atoms with van der Waals surface area (Å²) in [6.07, 6.45) is 1.00. The third kappa shape index (κ3) is 2.30. The third-order valence-corrected chi connectivity index (χ3v) is 1.47. The number of rotatable bonds is 4. The fourth-order valence-electron chi connectivity index (χ4n) is 0.828. The van der Waals surface area contributed by atoms with E-state index in [1.807, 2.05) is 0 Å². The predicted octanol–water partition coefficient (Wildman–Crippen LogP) is -1.16. The molecule has 7 nitrogen and oxygen atoms in total. The molecule has 0 radical (unpaired) electrons. The number of carboxylic acids is 1. The van der Waals surface area contributed by atoms with E-state index < -0.39 is 11.5 Å². The summed E-state index contributed by atoms with van der Waals surface area (Å²) in [5.74, 6) is -1.09. The quantitative estimate of drug-likeness (QED) is 0.484. The molecule has 1 heterocycles. The highest BCUT2D eigenvalue weighted by Crippen LogP contribution is 1.93. The highest BCUT2D eigenvalue weighted by Gasteiger charge is 2.08. The van der Waals surface area contributed by atoms with Crippen molar-refractivity contribution in [2.75, 3.05) is 18.4 Å². The van der Waals surface area contributed by atoms with E-state index in [0.29, 0.717) is 13.1 Å². The summed E-state index contributed by atoms with van der Waals surface area (Å²) in [5, 5.41) is 11.2. The van der Waals surface area contributed by atoms with Gasteiger partial charge in [0.05, 0.1) is 6.20 Å². The summed E-state index contributed by atoms with van der Waals surface area (Å²) in [7, 11) is 0. The zero-order chi connectivity index (χ0) is 10.6. The number of nitrogens with zero attached hydrogens (tertiary/aromatic N) is 1. The number of carboxylic acid groups (broad SMARTS) is 1. The van der Waals surface area contributed by atoms with Crippen molar-refractivity contribution in [2.45, 2.75) is 0 Å². The van der Waals surface area contributed by atoms with E-state index in [1.165, 1.54) is 0 Å². The largest absolute Gasteiger partial charge is 0.477 e. The average molecular weight is 198 g/mol. The van der Waals surface area contributed by atoms with E-state index in [9.17, 15) is 9.59 Å². The monoisotopic (exact) mass is 198 g/mol. The second kappa shape index (κ2) is 4.38. The lowest BCUT2D eigenvalue weighted by Crippen LogP contribution is -2.22. The Morgan fingerprint density at radius 3 is 2.93 bits per heavy atom. The summed E-state index contributed by atoms with van der Waals surface area (Å²) in [4.78, 5) is 27.5. The lowest BCUT2D eigenvalue weighted by Gasteiger charge is -2.02. The van der Waals surface area contributed by atoms with Crippen LogP contribution in [0.2, 0.25) is 0 Å².